The fraction of sp³-hybridized carbons (Fsp3) is 0.0588. The van der Waals surface area contributed by atoms with Crippen LogP contribution in [0.15, 0.2) is 200 Å². The second-order valence-electron chi connectivity index (χ2n) is 14.2. The number of hydrogen-bond acceptors (Lipinski definition) is 1. The summed E-state index contributed by atoms with van der Waals surface area (Å²) in [5.41, 5.74) is 18.2. The van der Waals surface area contributed by atoms with Crippen molar-refractivity contribution in [3.05, 3.63) is 211 Å². The zero-order valence-electron chi connectivity index (χ0n) is 29.5. The van der Waals surface area contributed by atoms with Gasteiger partial charge in [0.25, 0.3) is 0 Å². The minimum atomic E-state index is -0.118. The summed E-state index contributed by atoms with van der Waals surface area (Å²) in [6.45, 7) is 4.71. The van der Waals surface area contributed by atoms with Gasteiger partial charge in [-0.15, -0.1) is 0 Å². The van der Waals surface area contributed by atoms with E-state index in [-0.39, 0.29) is 5.41 Å². The van der Waals surface area contributed by atoms with Crippen molar-refractivity contribution in [1.29, 1.82) is 0 Å². The quantitative estimate of drug-likeness (QED) is 0.164. The van der Waals surface area contributed by atoms with Crippen LogP contribution in [-0.4, -0.2) is 0 Å². The Bertz CT molecular complexity index is 2530. The highest BCUT2D eigenvalue weighted by molar-refractivity contribution is 5.94. The monoisotopic (exact) mass is 665 g/mol. The van der Waals surface area contributed by atoms with Crippen LogP contribution in [0.1, 0.15) is 25.0 Å². The molecule has 1 nitrogen and oxygen atoms in total. The van der Waals surface area contributed by atoms with Gasteiger partial charge in [0.2, 0.25) is 0 Å². The SMILES string of the molecule is CC1(C)c2ccccc2-c2ccc(N(c3cccc(-c4ccccc4)c3)c3ccc(-c4ccccc4-c4ccccc4)cc3-c3ccccc3)cc21. The Balaban J connectivity index is 1.28. The molecular weight excluding hydrogens is 627 g/mol. The summed E-state index contributed by atoms with van der Waals surface area (Å²) >= 11 is 0. The summed E-state index contributed by atoms with van der Waals surface area (Å²) in [5.74, 6) is 0. The highest BCUT2D eigenvalue weighted by Crippen LogP contribution is 2.51. The maximum absolute atomic E-state index is 2.46. The molecule has 8 aromatic rings. The molecular formula is C51H39N. The molecule has 0 bridgehead atoms. The Morgan fingerprint density at radius 2 is 0.827 bits per heavy atom. The predicted octanol–water partition coefficient (Wildman–Crippen LogP) is 14.1. The highest BCUT2D eigenvalue weighted by atomic mass is 15.1. The molecule has 0 aliphatic heterocycles. The molecule has 0 fully saturated rings. The van der Waals surface area contributed by atoms with Crippen LogP contribution >= 0.6 is 0 Å². The summed E-state index contributed by atoms with van der Waals surface area (Å²) < 4.78 is 0. The van der Waals surface area contributed by atoms with Crippen LogP contribution in [0.4, 0.5) is 17.1 Å². The maximum Gasteiger partial charge on any atom is 0.0540 e. The lowest BCUT2D eigenvalue weighted by atomic mass is 9.82. The summed E-state index contributed by atoms with van der Waals surface area (Å²) in [6.07, 6.45) is 0. The van der Waals surface area contributed by atoms with E-state index in [1.165, 1.54) is 66.8 Å². The molecule has 0 saturated heterocycles. The second-order valence-corrected chi connectivity index (χ2v) is 14.2. The van der Waals surface area contributed by atoms with Crippen molar-refractivity contribution < 1.29 is 0 Å². The fourth-order valence-electron chi connectivity index (χ4n) is 8.07. The third kappa shape index (κ3) is 5.52. The maximum atomic E-state index is 2.46. The van der Waals surface area contributed by atoms with Crippen LogP contribution in [0.25, 0.3) is 55.6 Å². The molecule has 0 N–H and O–H groups in total. The van der Waals surface area contributed by atoms with Gasteiger partial charge in [0.05, 0.1) is 5.69 Å². The molecule has 0 aromatic heterocycles. The van der Waals surface area contributed by atoms with Crippen molar-refractivity contribution in [2.24, 2.45) is 0 Å². The Morgan fingerprint density at radius 3 is 1.52 bits per heavy atom. The number of rotatable bonds is 7. The molecule has 8 aromatic carbocycles. The van der Waals surface area contributed by atoms with E-state index >= 15 is 0 Å². The van der Waals surface area contributed by atoms with Crippen LogP contribution in [0, 0.1) is 0 Å². The molecule has 1 heteroatoms. The molecule has 0 unspecified atom stereocenters. The van der Waals surface area contributed by atoms with Crippen LogP contribution in [0.2, 0.25) is 0 Å². The van der Waals surface area contributed by atoms with E-state index in [4.69, 9.17) is 0 Å². The number of anilines is 3. The van der Waals surface area contributed by atoms with Gasteiger partial charge < -0.3 is 4.90 Å². The lowest BCUT2D eigenvalue weighted by Crippen LogP contribution is -2.17. The first-order valence-corrected chi connectivity index (χ1v) is 18.1. The molecule has 52 heavy (non-hydrogen) atoms. The zero-order chi connectivity index (χ0) is 35.1. The Morgan fingerprint density at radius 1 is 0.308 bits per heavy atom. The van der Waals surface area contributed by atoms with E-state index < -0.39 is 0 Å². The molecule has 0 heterocycles. The topological polar surface area (TPSA) is 3.24 Å². The smallest absolute Gasteiger partial charge is 0.0540 e. The molecule has 248 valence electrons. The van der Waals surface area contributed by atoms with Gasteiger partial charge in [-0.2, -0.15) is 0 Å². The third-order valence-electron chi connectivity index (χ3n) is 10.7. The first kappa shape index (κ1) is 31.5. The zero-order valence-corrected chi connectivity index (χ0v) is 29.5. The number of nitrogens with zero attached hydrogens (tertiary/aromatic N) is 1. The highest BCUT2D eigenvalue weighted by Gasteiger charge is 2.36. The van der Waals surface area contributed by atoms with E-state index in [0.717, 1.165) is 17.1 Å². The molecule has 0 radical (unpaired) electrons. The van der Waals surface area contributed by atoms with E-state index in [1.54, 1.807) is 0 Å². The average Bonchev–Trinajstić information content (AvgIpc) is 3.44. The molecule has 1 aliphatic rings. The van der Waals surface area contributed by atoms with Crippen LogP contribution in [0.5, 0.6) is 0 Å². The van der Waals surface area contributed by atoms with Gasteiger partial charge in [-0.1, -0.05) is 178 Å². The van der Waals surface area contributed by atoms with Crippen molar-refractivity contribution in [3.63, 3.8) is 0 Å². The van der Waals surface area contributed by atoms with Crippen molar-refractivity contribution in [2.45, 2.75) is 19.3 Å². The first-order chi connectivity index (χ1) is 25.6. The van der Waals surface area contributed by atoms with Gasteiger partial charge in [0.1, 0.15) is 0 Å². The van der Waals surface area contributed by atoms with Crippen LogP contribution < -0.4 is 4.90 Å². The van der Waals surface area contributed by atoms with Crippen molar-refractivity contribution in [3.8, 4) is 55.6 Å². The van der Waals surface area contributed by atoms with Gasteiger partial charge >= 0.3 is 0 Å². The lowest BCUT2D eigenvalue weighted by molar-refractivity contribution is 0.660. The largest absolute Gasteiger partial charge is 0.310 e. The number of hydrogen-bond donors (Lipinski definition) is 0. The Hall–Kier alpha value is -6.44. The number of benzene rings is 8. The van der Waals surface area contributed by atoms with E-state index in [2.05, 4.69) is 219 Å². The molecule has 0 amide bonds. The number of fused-ring (bicyclic) bond motifs is 3. The molecule has 1 aliphatic carbocycles. The first-order valence-electron chi connectivity index (χ1n) is 18.1. The minimum Gasteiger partial charge on any atom is -0.310 e. The molecule has 0 spiro atoms. The van der Waals surface area contributed by atoms with Gasteiger partial charge in [0, 0.05) is 22.4 Å². The van der Waals surface area contributed by atoms with Crippen LogP contribution in [0.3, 0.4) is 0 Å². The summed E-state index contributed by atoms with van der Waals surface area (Å²) in [6, 6.07) is 72.9. The summed E-state index contributed by atoms with van der Waals surface area (Å²) in [7, 11) is 0. The van der Waals surface area contributed by atoms with E-state index in [9.17, 15) is 0 Å². The summed E-state index contributed by atoms with van der Waals surface area (Å²) in [4.78, 5) is 2.46. The normalized spacial score (nSPS) is 12.6. The Kier molecular flexibility index (Phi) is 7.90. The standard InChI is InChI=1S/C51H39N/c1-51(2)48-28-15-14-27-45(48)46-31-30-42(35-49(46)51)52(41-24-16-23-39(33-41)36-17-6-3-7-18-36)50-32-29-40(34-47(50)38-21-10-5-11-22-38)44-26-13-12-25-43(44)37-19-8-4-9-20-37/h3-35H,1-2H3. The second kappa shape index (κ2) is 13.0. The molecule has 0 atom stereocenters. The lowest BCUT2D eigenvalue weighted by Gasteiger charge is -2.30. The van der Waals surface area contributed by atoms with Gasteiger partial charge in [-0.05, 0) is 97.6 Å². The van der Waals surface area contributed by atoms with E-state index in [0.29, 0.717) is 0 Å². The van der Waals surface area contributed by atoms with Crippen molar-refractivity contribution in [1.82, 2.24) is 0 Å². The average molecular weight is 666 g/mol. The van der Waals surface area contributed by atoms with Crippen molar-refractivity contribution >= 4 is 17.1 Å². The van der Waals surface area contributed by atoms with Gasteiger partial charge in [-0.3, -0.25) is 0 Å². The molecule has 9 rings (SSSR count). The minimum absolute atomic E-state index is 0.118. The van der Waals surface area contributed by atoms with Gasteiger partial charge in [-0.25, -0.2) is 0 Å². The van der Waals surface area contributed by atoms with Crippen LogP contribution in [-0.2, 0) is 5.41 Å². The van der Waals surface area contributed by atoms with Crippen molar-refractivity contribution in [2.75, 3.05) is 4.90 Å². The fourth-order valence-corrected chi connectivity index (χ4v) is 8.07. The predicted molar refractivity (Wildman–Crippen MR) is 220 cm³/mol. The molecule has 0 saturated carbocycles. The van der Waals surface area contributed by atoms with Gasteiger partial charge in [0.15, 0.2) is 0 Å². The van der Waals surface area contributed by atoms with E-state index in [1.807, 2.05) is 0 Å². The Labute approximate surface area is 307 Å². The summed E-state index contributed by atoms with van der Waals surface area (Å²) in [5, 5.41) is 0. The third-order valence-corrected chi connectivity index (χ3v) is 10.7.